The zero-order chi connectivity index (χ0) is 13.6. The first-order valence-corrected chi connectivity index (χ1v) is 8.14. The first-order chi connectivity index (χ1) is 8.47. The third-order valence-corrected chi connectivity index (χ3v) is 4.89. The second-order valence-electron chi connectivity index (χ2n) is 4.73. The molecule has 1 atom stereocenters. The lowest BCUT2D eigenvalue weighted by molar-refractivity contribution is 0.525. The van der Waals surface area contributed by atoms with E-state index in [2.05, 4.69) is 12.2 Å². The topological polar surface area (TPSA) is 46.2 Å². The van der Waals surface area contributed by atoms with Crippen LogP contribution in [0.4, 0.5) is 0 Å². The maximum Gasteiger partial charge on any atom is 0.178 e. The van der Waals surface area contributed by atoms with Crippen LogP contribution in [0, 0.1) is 6.92 Å². The molecule has 0 saturated heterocycles. The van der Waals surface area contributed by atoms with Crippen molar-refractivity contribution in [2.45, 2.75) is 44.6 Å². The summed E-state index contributed by atoms with van der Waals surface area (Å²) in [6.45, 7) is 6.91. The molecule has 0 spiro atoms. The van der Waals surface area contributed by atoms with E-state index in [9.17, 15) is 8.42 Å². The Hall–Kier alpha value is -0.870. The fourth-order valence-electron chi connectivity index (χ4n) is 1.84. The highest BCUT2D eigenvalue weighted by atomic mass is 32.2. The number of hydrogen-bond acceptors (Lipinski definition) is 3. The van der Waals surface area contributed by atoms with Crippen molar-refractivity contribution in [3.63, 3.8) is 0 Å². The fourth-order valence-corrected chi connectivity index (χ4v) is 3.57. The molecule has 1 unspecified atom stereocenters. The number of sulfone groups is 1. The van der Waals surface area contributed by atoms with Gasteiger partial charge in [0.05, 0.1) is 10.6 Å². The van der Waals surface area contributed by atoms with Crippen molar-refractivity contribution in [2.75, 3.05) is 12.3 Å². The Morgan fingerprint density at radius 3 is 2.56 bits per heavy atom. The minimum absolute atomic E-state index is 0.204. The third kappa shape index (κ3) is 4.42. The maximum absolute atomic E-state index is 12.2. The van der Waals surface area contributed by atoms with E-state index in [1.54, 1.807) is 12.1 Å². The van der Waals surface area contributed by atoms with Gasteiger partial charge in [-0.2, -0.15) is 0 Å². The van der Waals surface area contributed by atoms with Crippen molar-refractivity contribution in [3.8, 4) is 0 Å². The molecule has 0 heterocycles. The molecule has 0 aliphatic rings. The Labute approximate surface area is 111 Å². The normalized spacial score (nSPS) is 13.5. The van der Waals surface area contributed by atoms with Crippen molar-refractivity contribution in [3.05, 3.63) is 29.8 Å². The molecule has 1 N–H and O–H groups in total. The molecule has 0 aliphatic heterocycles. The molecule has 1 aromatic rings. The van der Waals surface area contributed by atoms with Crippen LogP contribution in [0.5, 0.6) is 0 Å². The summed E-state index contributed by atoms with van der Waals surface area (Å²) in [6, 6.07) is 7.41. The van der Waals surface area contributed by atoms with Gasteiger partial charge in [-0.15, -0.1) is 0 Å². The van der Waals surface area contributed by atoms with Gasteiger partial charge in [-0.25, -0.2) is 8.42 Å². The average molecular weight is 269 g/mol. The smallest absolute Gasteiger partial charge is 0.178 e. The number of hydrogen-bond donors (Lipinski definition) is 1. The molecule has 102 valence electrons. The number of benzene rings is 1. The molecule has 0 bridgehead atoms. The van der Waals surface area contributed by atoms with Crippen LogP contribution in [0.25, 0.3) is 0 Å². The zero-order valence-electron chi connectivity index (χ0n) is 11.4. The second kappa shape index (κ2) is 6.90. The lowest BCUT2D eigenvalue weighted by Crippen LogP contribution is -2.29. The molecule has 1 rings (SSSR count). The first kappa shape index (κ1) is 15.2. The Bertz CT molecular complexity index is 468. The molecule has 0 aliphatic carbocycles. The molecule has 4 heteroatoms. The van der Waals surface area contributed by atoms with Gasteiger partial charge in [0.2, 0.25) is 0 Å². The average Bonchev–Trinajstić information content (AvgIpc) is 2.34. The predicted molar refractivity (Wildman–Crippen MR) is 75.6 cm³/mol. The molecule has 3 nitrogen and oxygen atoms in total. The van der Waals surface area contributed by atoms with E-state index in [0.29, 0.717) is 11.3 Å². The summed E-state index contributed by atoms with van der Waals surface area (Å²) < 4.78 is 24.4. The highest BCUT2D eigenvalue weighted by Gasteiger charge is 2.17. The van der Waals surface area contributed by atoms with Crippen molar-refractivity contribution in [1.29, 1.82) is 0 Å². The third-order valence-electron chi connectivity index (χ3n) is 2.99. The SMILES string of the molecule is CCCNC(C)CCS(=O)(=O)c1ccccc1C. The van der Waals surface area contributed by atoms with Crippen LogP contribution in [0.2, 0.25) is 0 Å². The highest BCUT2D eigenvalue weighted by molar-refractivity contribution is 7.91. The van der Waals surface area contributed by atoms with Gasteiger partial charge in [-0.05, 0) is 44.9 Å². The Morgan fingerprint density at radius 1 is 1.28 bits per heavy atom. The lowest BCUT2D eigenvalue weighted by atomic mass is 10.2. The second-order valence-corrected chi connectivity index (χ2v) is 6.81. The van der Waals surface area contributed by atoms with Gasteiger partial charge in [-0.3, -0.25) is 0 Å². The standard InChI is InChI=1S/C14H23NO2S/c1-4-10-15-13(3)9-11-18(16,17)14-8-6-5-7-12(14)2/h5-8,13,15H,4,9-11H2,1-3H3. The van der Waals surface area contributed by atoms with Crippen LogP contribution >= 0.6 is 0 Å². The van der Waals surface area contributed by atoms with Gasteiger partial charge in [0.1, 0.15) is 0 Å². The summed E-state index contributed by atoms with van der Waals surface area (Å²) in [5.41, 5.74) is 0.826. The lowest BCUT2D eigenvalue weighted by Gasteiger charge is -2.13. The van der Waals surface area contributed by atoms with Crippen LogP contribution in [-0.2, 0) is 9.84 Å². The van der Waals surface area contributed by atoms with Gasteiger partial charge in [-0.1, -0.05) is 25.1 Å². The van der Waals surface area contributed by atoms with E-state index in [1.165, 1.54) is 0 Å². The van der Waals surface area contributed by atoms with Crippen LogP contribution in [0.15, 0.2) is 29.2 Å². The van der Waals surface area contributed by atoms with Crippen LogP contribution in [0.3, 0.4) is 0 Å². The van der Waals surface area contributed by atoms with Gasteiger partial charge in [0.25, 0.3) is 0 Å². The summed E-state index contributed by atoms with van der Waals surface area (Å²) in [5.74, 6) is 0.204. The van der Waals surface area contributed by atoms with E-state index in [-0.39, 0.29) is 11.8 Å². The summed E-state index contributed by atoms with van der Waals surface area (Å²) in [7, 11) is -3.15. The maximum atomic E-state index is 12.2. The van der Waals surface area contributed by atoms with E-state index in [0.717, 1.165) is 18.5 Å². The summed E-state index contributed by atoms with van der Waals surface area (Å²) >= 11 is 0. The minimum atomic E-state index is -3.15. The molecular formula is C14H23NO2S. The van der Waals surface area contributed by atoms with Gasteiger partial charge >= 0.3 is 0 Å². The zero-order valence-corrected chi connectivity index (χ0v) is 12.3. The fraction of sp³-hybridized carbons (Fsp3) is 0.571. The Morgan fingerprint density at radius 2 is 1.94 bits per heavy atom. The Balaban J connectivity index is 2.63. The predicted octanol–water partition coefficient (Wildman–Crippen LogP) is 2.55. The highest BCUT2D eigenvalue weighted by Crippen LogP contribution is 2.17. The summed E-state index contributed by atoms with van der Waals surface area (Å²) in [4.78, 5) is 0.465. The van der Waals surface area contributed by atoms with Crippen LogP contribution in [0.1, 0.15) is 32.3 Å². The molecule has 0 amide bonds. The van der Waals surface area contributed by atoms with Gasteiger partial charge in [0.15, 0.2) is 9.84 Å². The van der Waals surface area contributed by atoms with E-state index in [4.69, 9.17) is 0 Å². The minimum Gasteiger partial charge on any atom is -0.314 e. The number of rotatable bonds is 7. The van der Waals surface area contributed by atoms with Crippen molar-refractivity contribution < 1.29 is 8.42 Å². The summed E-state index contributed by atoms with van der Waals surface area (Å²) in [6.07, 6.45) is 1.71. The molecule has 0 radical (unpaired) electrons. The van der Waals surface area contributed by atoms with Crippen LogP contribution < -0.4 is 5.32 Å². The van der Waals surface area contributed by atoms with Crippen molar-refractivity contribution in [1.82, 2.24) is 5.32 Å². The largest absolute Gasteiger partial charge is 0.314 e. The molecule has 0 saturated carbocycles. The van der Waals surface area contributed by atoms with E-state index in [1.807, 2.05) is 26.0 Å². The van der Waals surface area contributed by atoms with Crippen LogP contribution in [-0.4, -0.2) is 26.8 Å². The molecule has 18 heavy (non-hydrogen) atoms. The first-order valence-electron chi connectivity index (χ1n) is 6.49. The number of aryl methyl sites for hydroxylation is 1. The number of nitrogens with one attached hydrogen (secondary N) is 1. The molecule has 1 aromatic carbocycles. The van der Waals surface area contributed by atoms with Gasteiger partial charge < -0.3 is 5.32 Å². The van der Waals surface area contributed by atoms with Gasteiger partial charge in [0, 0.05) is 6.04 Å². The van der Waals surface area contributed by atoms with E-state index >= 15 is 0 Å². The van der Waals surface area contributed by atoms with E-state index < -0.39 is 9.84 Å². The van der Waals surface area contributed by atoms with Crippen molar-refractivity contribution in [2.24, 2.45) is 0 Å². The molecule has 0 fully saturated rings. The molecule has 0 aromatic heterocycles. The monoisotopic (exact) mass is 269 g/mol. The summed E-state index contributed by atoms with van der Waals surface area (Å²) in [5, 5.41) is 3.31. The Kier molecular flexibility index (Phi) is 5.82. The quantitative estimate of drug-likeness (QED) is 0.827. The van der Waals surface area contributed by atoms with Crippen molar-refractivity contribution >= 4 is 9.84 Å². The molecular weight excluding hydrogens is 246 g/mol.